The third kappa shape index (κ3) is 5.31. The highest BCUT2D eigenvalue weighted by Gasteiger charge is 2.39. The lowest BCUT2D eigenvalue weighted by molar-refractivity contribution is -0.142. The highest BCUT2D eigenvalue weighted by Crippen LogP contribution is 2.41. The molecule has 0 aliphatic carbocycles. The van der Waals surface area contributed by atoms with Gasteiger partial charge in [0, 0.05) is 16.8 Å². The molecular weight excluding hydrogens is 559 g/mol. The quantitative estimate of drug-likeness (QED) is 0.160. The second kappa shape index (κ2) is 10.6. The van der Waals surface area contributed by atoms with Crippen molar-refractivity contribution in [2.24, 2.45) is 5.10 Å². The second-order valence-electron chi connectivity index (χ2n) is 10.9. The lowest BCUT2D eigenvalue weighted by Gasteiger charge is -2.20. The van der Waals surface area contributed by atoms with E-state index in [2.05, 4.69) is 10.5 Å². The summed E-state index contributed by atoms with van der Waals surface area (Å²) in [5.74, 6) is -1.78. The van der Waals surface area contributed by atoms with Crippen molar-refractivity contribution in [3.8, 4) is 16.9 Å². The first-order valence-electron chi connectivity index (χ1n) is 13.3. The van der Waals surface area contributed by atoms with Crippen LogP contribution in [0.3, 0.4) is 0 Å². The van der Waals surface area contributed by atoms with Crippen molar-refractivity contribution in [1.29, 1.82) is 0 Å². The van der Waals surface area contributed by atoms with Crippen molar-refractivity contribution in [2.45, 2.75) is 39.3 Å². The third-order valence-electron chi connectivity index (χ3n) is 7.75. The predicted octanol–water partition coefficient (Wildman–Crippen LogP) is 7.55. The number of hydrogen-bond donors (Lipinski definition) is 3. The van der Waals surface area contributed by atoms with E-state index in [1.54, 1.807) is 74.5 Å². The first-order valence-corrected chi connectivity index (χ1v) is 13.3. The van der Waals surface area contributed by atoms with Crippen molar-refractivity contribution in [2.75, 3.05) is 10.3 Å². The zero-order valence-corrected chi connectivity index (χ0v) is 23.7. The highest BCUT2D eigenvalue weighted by molar-refractivity contribution is 6.55. The Balaban J connectivity index is 1.52. The topological polar surface area (TPSA) is 102 Å². The minimum atomic E-state index is -4.61. The van der Waals surface area contributed by atoms with E-state index in [0.717, 1.165) is 23.3 Å². The summed E-state index contributed by atoms with van der Waals surface area (Å²) in [6.07, 6.45) is -4.61. The van der Waals surface area contributed by atoms with Gasteiger partial charge in [-0.25, -0.2) is 0 Å². The summed E-state index contributed by atoms with van der Waals surface area (Å²) in [4.78, 5) is 26.5. The number of phenolic OH excluding ortho intramolecular Hbond substituents is 1. The molecule has 0 fully saturated rings. The van der Waals surface area contributed by atoms with Gasteiger partial charge in [-0.15, -0.1) is 0 Å². The number of nitrogens with one attached hydrogen (secondary N) is 1. The second-order valence-corrected chi connectivity index (χ2v) is 10.9. The zero-order chi connectivity index (χ0) is 31.3. The number of carbonyl (C=O) groups is 2. The number of carbonyl (C=O) groups excluding carboxylic acids is 1. The number of para-hydroxylation sites is 1. The molecule has 4 aromatic carbocycles. The number of carboxylic acids is 1. The first kappa shape index (κ1) is 29.4. The van der Waals surface area contributed by atoms with Crippen LogP contribution in [0, 0.1) is 13.8 Å². The van der Waals surface area contributed by atoms with E-state index < -0.39 is 29.0 Å². The standard InChI is InChI=1S/C33H28F3N3O4/c1-18-8-14-23(16-19(18)2)39-27-17-22(33(34,35)36)13-15-25(27)28(30(39)41)38-37-26-7-5-6-24(29(26)40)20-9-11-21(12-10-20)32(3,4)31(42)43/h5-17,37,40H,1-4H3,(H,42,43). The lowest BCUT2D eigenvalue weighted by Crippen LogP contribution is -2.28. The van der Waals surface area contributed by atoms with Crippen LogP contribution in [0.25, 0.3) is 11.1 Å². The van der Waals surface area contributed by atoms with Gasteiger partial charge in [0.25, 0.3) is 5.91 Å². The molecule has 1 amide bonds. The molecule has 0 saturated heterocycles. The summed E-state index contributed by atoms with van der Waals surface area (Å²) in [7, 11) is 0. The smallest absolute Gasteiger partial charge is 0.416 e. The van der Waals surface area contributed by atoms with Crippen LogP contribution in [0.5, 0.6) is 5.75 Å². The fourth-order valence-corrected chi connectivity index (χ4v) is 4.83. The average Bonchev–Trinajstić information content (AvgIpc) is 3.23. The Morgan fingerprint density at radius 2 is 1.53 bits per heavy atom. The maximum Gasteiger partial charge on any atom is 0.416 e. The molecule has 4 aromatic rings. The van der Waals surface area contributed by atoms with Crippen LogP contribution in [-0.2, 0) is 21.2 Å². The van der Waals surface area contributed by atoms with Crippen molar-refractivity contribution in [1.82, 2.24) is 0 Å². The Bertz CT molecular complexity index is 1790. The van der Waals surface area contributed by atoms with Crippen LogP contribution in [0.2, 0.25) is 0 Å². The molecule has 0 bridgehead atoms. The summed E-state index contributed by atoms with van der Waals surface area (Å²) in [6.45, 7) is 6.93. The molecule has 0 radical (unpaired) electrons. The number of carboxylic acid groups (broad SMARTS) is 1. The van der Waals surface area contributed by atoms with Crippen LogP contribution in [-0.4, -0.2) is 27.8 Å². The number of benzene rings is 4. The van der Waals surface area contributed by atoms with Crippen LogP contribution in [0.15, 0.2) is 84.0 Å². The van der Waals surface area contributed by atoms with E-state index in [0.29, 0.717) is 22.4 Å². The number of fused-ring (bicyclic) bond motifs is 1. The summed E-state index contributed by atoms with van der Waals surface area (Å²) < 4.78 is 40.8. The molecule has 10 heteroatoms. The summed E-state index contributed by atoms with van der Waals surface area (Å²) in [5, 5.41) is 24.8. The predicted molar refractivity (Wildman–Crippen MR) is 159 cm³/mol. The number of nitrogens with zero attached hydrogens (tertiary/aromatic N) is 2. The van der Waals surface area contributed by atoms with Gasteiger partial charge in [-0.3, -0.25) is 19.9 Å². The third-order valence-corrected chi connectivity index (χ3v) is 7.75. The maximum atomic E-state index is 13.6. The average molecular weight is 588 g/mol. The first-order chi connectivity index (χ1) is 20.2. The normalized spacial score (nSPS) is 14.3. The van der Waals surface area contributed by atoms with Crippen LogP contribution < -0.4 is 10.3 Å². The zero-order valence-electron chi connectivity index (χ0n) is 23.7. The Labute approximate surface area is 245 Å². The van der Waals surface area contributed by atoms with E-state index in [4.69, 9.17) is 0 Å². The molecule has 7 nitrogen and oxygen atoms in total. The fourth-order valence-electron chi connectivity index (χ4n) is 4.83. The minimum Gasteiger partial charge on any atom is -0.505 e. The van der Waals surface area contributed by atoms with Crippen molar-refractivity contribution < 1.29 is 33.0 Å². The number of phenols is 1. The minimum absolute atomic E-state index is 0.0472. The summed E-state index contributed by atoms with van der Waals surface area (Å²) >= 11 is 0. The largest absolute Gasteiger partial charge is 0.505 e. The number of hydrazone groups is 1. The van der Waals surface area contributed by atoms with E-state index >= 15 is 0 Å². The number of rotatable bonds is 6. The Hall–Kier alpha value is -5.12. The highest BCUT2D eigenvalue weighted by atomic mass is 19.4. The molecule has 3 N–H and O–H groups in total. The van der Waals surface area contributed by atoms with Gasteiger partial charge in [-0.1, -0.05) is 42.5 Å². The number of aliphatic carboxylic acids is 1. The molecule has 1 heterocycles. The molecule has 43 heavy (non-hydrogen) atoms. The molecule has 0 unspecified atom stereocenters. The van der Waals surface area contributed by atoms with Crippen LogP contribution >= 0.6 is 0 Å². The van der Waals surface area contributed by atoms with E-state index in [1.165, 1.54) is 11.0 Å². The van der Waals surface area contributed by atoms with Gasteiger partial charge < -0.3 is 10.2 Å². The van der Waals surface area contributed by atoms with Gasteiger partial charge in [-0.2, -0.15) is 18.3 Å². The van der Waals surface area contributed by atoms with Gasteiger partial charge in [-0.05, 0) is 86.3 Å². The number of hydrogen-bond acceptors (Lipinski definition) is 5. The SMILES string of the molecule is Cc1ccc(N2C(=O)C(=NNc3cccc(-c4ccc(C(C)(C)C(=O)O)cc4)c3O)c3ccc(C(F)(F)F)cc32)cc1C. The van der Waals surface area contributed by atoms with Gasteiger partial charge in [0.1, 0.15) is 5.75 Å². The number of aryl methyl sites for hydroxylation is 2. The summed E-state index contributed by atoms with van der Waals surface area (Å²) in [5.41, 5.74) is 4.86. The van der Waals surface area contributed by atoms with Gasteiger partial charge in [0.05, 0.1) is 22.4 Å². The Morgan fingerprint density at radius 3 is 2.16 bits per heavy atom. The van der Waals surface area contributed by atoms with Gasteiger partial charge in [0.15, 0.2) is 5.71 Å². The molecule has 1 aliphatic heterocycles. The van der Waals surface area contributed by atoms with Crippen molar-refractivity contribution >= 4 is 34.7 Å². The fraction of sp³-hybridized carbons (Fsp3) is 0.182. The monoisotopic (exact) mass is 587 g/mol. The molecule has 5 rings (SSSR count). The molecule has 0 spiro atoms. The molecule has 0 aromatic heterocycles. The number of aromatic hydroxyl groups is 1. The number of halogens is 3. The van der Waals surface area contributed by atoms with E-state index in [9.17, 15) is 33.0 Å². The van der Waals surface area contributed by atoms with Gasteiger partial charge >= 0.3 is 12.1 Å². The van der Waals surface area contributed by atoms with Crippen molar-refractivity contribution in [3.63, 3.8) is 0 Å². The molecular formula is C33H28F3N3O4. The Morgan fingerprint density at radius 1 is 0.860 bits per heavy atom. The molecule has 0 saturated carbocycles. The van der Waals surface area contributed by atoms with Crippen molar-refractivity contribution in [3.05, 3.63) is 107 Å². The van der Waals surface area contributed by atoms with Gasteiger partial charge in [0.2, 0.25) is 0 Å². The molecule has 220 valence electrons. The Kier molecular flexibility index (Phi) is 7.25. The number of amides is 1. The molecule has 0 atom stereocenters. The molecule has 1 aliphatic rings. The summed E-state index contributed by atoms with van der Waals surface area (Å²) in [6, 6.07) is 19.8. The number of anilines is 3. The van der Waals surface area contributed by atoms with E-state index in [1.807, 2.05) is 13.8 Å². The number of alkyl halides is 3. The lowest BCUT2D eigenvalue weighted by atomic mass is 9.84. The van der Waals surface area contributed by atoms with Crippen LogP contribution in [0.1, 0.15) is 41.7 Å². The van der Waals surface area contributed by atoms with E-state index in [-0.39, 0.29) is 28.4 Å². The van der Waals surface area contributed by atoms with Crippen LogP contribution in [0.4, 0.5) is 30.2 Å². The maximum absolute atomic E-state index is 13.6.